The summed E-state index contributed by atoms with van der Waals surface area (Å²) in [5, 5.41) is 0. The first-order valence-electron chi connectivity index (χ1n) is 8.89. The molecule has 1 heterocycles. The number of methoxy groups -OCH3 is 2. The summed E-state index contributed by atoms with van der Waals surface area (Å²) < 4.78 is 10.8. The van der Waals surface area contributed by atoms with E-state index in [0.717, 1.165) is 36.1 Å². The summed E-state index contributed by atoms with van der Waals surface area (Å²) >= 11 is 0. The van der Waals surface area contributed by atoms with Crippen LogP contribution < -0.4 is 15.2 Å². The molecule has 0 saturated carbocycles. The van der Waals surface area contributed by atoms with Gasteiger partial charge in [-0.25, -0.2) is 0 Å². The monoisotopic (exact) mass is 348 g/mol. The molecule has 1 unspecified atom stereocenters. The number of likely N-dealkylation sites (N-methyl/N-ethyl adjacent to an activating group) is 1. The van der Waals surface area contributed by atoms with Crippen LogP contribution in [-0.4, -0.2) is 63.7 Å². The van der Waals surface area contributed by atoms with Crippen molar-refractivity contribution in [2.24, 2.45) is 16.6 Å². The highest BCUT2D eigenvalue weighted by Gasteiger charge is 2.19. The molecule has 25 heavy (non-hydrogen) atoms. The fourth-order valence-electron chi connectivity index (χ4n) is 3.14. The molecule has 0 bridgehead atoms. The van der Waals surface area contributed by atoms with Gasteiger partial charge in [0.1, 0.15) is 0 Å². The third-order valence-electron chi connectivity index (χ3n) is 4.95. The van der Waals surface area contributed by atoms with E-state index in [1.165, 1.54) is 12.8 Å². The molecule has 0 aliphatic carbocycles. The maximum Gasteiger partial charge on any atom is 0.191 e. The number of nitrogens with two attached hydrogens (primary N) is 1. The number of guanidine groups is 1. The lowest BCUT2D eigenvalue weighted by molar-refractivity contribution is 0.274. The largest absolute Gasteiger partial charge is 0.493 e. The number of hydrogen-bond donors (Lipinski definition) is 1. The predicted octanol–water partition coefficient (Wildman–Crippen LogP) is 2.35. The number of hydrogen-bond acceptors (Lipinski definition) is 4. The van der Waals surface area contributed by atoms with Gasteiger partial charge in [-0.1, -0.05) is 13.0 Å². The zero-order chi connectivity index (χ0) is 18.4. The van der Waals surface area contributed by atoms with Crippen molar-refractivity contribution in [3.05, 3.63) is 23.8 Å². The molecule has 2 N–H and O–H groups in total. The van der Waals surface area contributed by atoms with Gasteiger partial charge in [0.05, 0.1) is 26.8 Å². The minimum Gasteiger partial charge on any atom is -0.493 e. The average molecular weight is 348 g/mol. The van der Waals surface area contributed by atoms with Crippen LogP contribution in [0.15, 0.2) is 23.2 Å². The van der Waals surface area contributed by atoms with Gasteiger partial charge >= 0.3 is 0 Å². The lowest BCUT2D eigenvalue weighted by Gasteiger charge is -2.31. The van der Waals surface area contributed by atoms with Gasteiger partial charge in [0, 0.05) is 13.1 Å². The number of likely N-dealkylation sites (tertiary alicyclic amines) is 1. The zero-order valence-electron chi connectivity index (χ0n) is 16.2. The van der Waals surface area contributed by atoms with Crippen LogP contribution in [-0.2, 0) is 0 Å². The molecule has 6 heteroatoms. The summed E-state index contributed by atoms with van der Waals surface area (Å²) in [6, 6.07) is 6.13. The second-order valence-corrected chi connectivity index (χ2v) is 6.96. The van der Waals surface area contributed by atoms with E-state index in [9.17, 15) is 0 Å². The minimum absolute atomic E-state index is 0.127. The number of ether oxygens (including phenoxy) is 2. The van der Waals surface area contributed by atoms with E-state index in [4.69, 9.17) is 15.2 Å². The lowest BCUT2D eigenvalue weighted by atomic mass is 10.00. The predicted molar refractivity (Wildman–Crippen MR) is 102 cm³/mol. The van der Waals surface area contributed by atoms with Crippen LogP contribution in [0.3, 0.4) is 0 Å². The zero-order valence-corrected chi connectivity index (χ0v) is 16.2. The van der Waals surface area contributed by atoms with Crippen LogP contribution in [0.4, 0.5) is 0 Å². The summed E-state index contributed by atoms with van der Waals surface area (Å²) in [6.45, 7) is 4.91. The summed E-state index contributed by atoms with van der Waals surface area (Å²) in [6.07, 6.45) is 2.37. The first-order chi connectivity index (χ1) is 12.0. The average Bonchev–Trinajstić information content (AvgIpc) is 2.61. The van der Waals surface area contributed by atoms with E-state index in [1.54, 1.807) is 14.2 Å². The van der Waals surface area contributed by atoms with Crippen molar-refractivity contribution in [1.29, 1.82) is 0 Å². The van der Waals surface area contributed by atoms with E-state index in [0.29, 0.717) is 12.5 Å². The van der Waals surface area contributed by atoms with Gasteiger partial charge in [-0.3, -0.25) is 4.99 Å². The smallest absolute Gasteiger partial charge is 0.191 e. The normalized spacial score (nSPS) is 17.7. The van der Waals surface area contributed by atoms with Gasteiger partial charge in [-0.05, 0) is 50.6 Å². The van der Waals surface area contributed by atoms with Crippen LogP contribution >= 0.6 is 0 Å². The quantitative estimate of drug-likeness (QED) is 0.631. The van der Waals surface area contributed by atoms with Crippen LogP contribution in [0.1, 0.15) is 31.4 Å². The van der Waals surface area contributed by atoms with E-state index < -0.39 is 0 Å². The highest BCUT2D eigenvalue weighted by molar-refractivity contribution is 5.78. The first kappa shape index (κ1) is 19.4. The highest BCUT2D eigenvalue weighted by atomic mass is 16.5. The van der Waals surface area contributed by atoms with Crippen molar-refractivity contribution in [2.45, 2.75) is 25.8 Å². The Morgan fingerprint density at radius 3 is 2.44 bits per heavy atom. The number of nitrogens with zero attached hydrogens (tertiary/aromatic N) is 3. The molecular formula is C19H32N4O2. The molecule has 0 radical (unpaired) electrons. The Hall–Kier alpha value is -1.95. The summed E-state index contributed by atoms with van der Waals surface area (Å²) in [5.41, 5.74) is 7.37. The van der Waals surface area contributed by atoms with Crippen LogP contribution in [0, 0.1) is 5.92 Å². The molecule has 0 aromatic heterocycles. The van der Waals surface area contributed by atoms with E-state index in [-0.39, 0.29) is 6.04 Å². The standard InChI is InChI=1S/C19H32N4O2/c1-14-8-10-23(11-9-14)19(20)21-13-16(22(2)3)15-6-7-17(24-4)18(12-15)25-5/h6-7,12,14,16H,8-11,13H2,1-5H3,(H2,20,21). The molecule has 1 aromatic carbocycles. The molecule has 1 aliphatic heterocycles. The van der Waals surface area contributed by atoms with E-state index in [2.05, 4.69) is 41.9 Å². The Morgan fingerprint density at radius 1 is 1.24 bits per heavy atom. The van der Waals surface area contributed by atoms with Crippen molar-refractivity contribution >= 4 is 5.96 Å². The second-order valence-electron chi connectivity index (χ2n) is 6.96. The molecule has 1 fully saturated rings. The summed E-state index contributed by atoms with van der Waals surface area (Å²) in [5.74, 6) is 2.90. The molecule has 2 rings (SSSR count). The molecule has 6 nitrogen and oxygen atoms in total. The number of rotatable bonds is 6. The Kier molecular flexibility index (Phi) is 6.93. The van der Waals surface area contributed by atoms with Gasteiger partial charge in [-0.15, -0.1) is 0 Å². The van der Waals surface area contributed by atoms with Crippen LogP contribution in [0.2, 0.25) is 0 Å². The van der Waals surface area contributed by atoms with Gasteiger partial charge in [-0.2, -0.15) is 0 Å². The van der Waals surface area contributed by atoms with Crippen molar-refractivity contribution in [3.63, 3.8) is 0 Å². The van der Waals surface area contributed by atoms with Gasteiger partial charge in [0.2, 0.25) is 0 Å². The fourth-order valence-corrected chi connectivity index (χ4v) is 3.14. The fraction of sp³-hybridized carbons (Fsp3) is 0.632. The van der Waals surface area contributed by atoms with Crippen LogP contribution in [0.5, 0.6) is 11.5 Å². The Balaban J connectivity index is 2.12. The number of piperidine rings is 1. The topological polar surface area (TPSA) is 63.3 Å². The molecule has 0 amide bonds. The number of aliphatic imine (C=N–C) groups is 1. The van der Waals surface area contributed by atoms with Crippen molar-refractivity contribution in [2.75, 3.05) is 47.9 Å². The molecule has 1 aromatic rings. The Morgan fingerprint density at radius 2 is 1.88 bits per heavy atom. The molecule has 1 atom stereocenters. The maximum atomic E-state index is 6.23. The third-order valence-corrected chi connectivity index (χ3v) is 4.95. The van der Waals surface area contributed by atoms with Crippen LogP contribution in [0.25, 0.3) is 0 Å². The maximum absolute atomic E-state index is 6.23. The SMILES string of the molecule is COc1ccc(C(CN=C(N)N2CCC(C)CC2)N(C)C)cc1OC. The highest BCUT2D eigenvalue weighted by Crippen LogP contribution is 2.31. The second kappa shape index (κ2) is 8.94. The minimum atomic E-state index is 0.127. The van der Waals surface area contributed by atoms with E-state index >= 15 is 0 Å². The van der Waals surface area contributed by atoms with Crippen molar-refractivity contribution in [3.8, 4) is 11.5 Å². The van der Waals surface area contributed by atoms with Crippen molar-refractivity contribution in [1.82, 2.24) is 9.80 Å². The molecule has 1 saturated heterocycles. The summed E-state index contributed by atoms with van der Waals surface area (Å²) in [4.78, 5) is 9.02. The Labute approximate surface area is 151 Å². The molecule has 1 aliphatic rings. The van der Waals surface area contributed by atoms with Gasteiger partial charge in [0.25, 0.3) is 0 Å². The van der Waals surface area contributed by atoms with Crippen molar-refractivity contribution < 1.29 is 9.47 Å². The van der Waals surface area contributed by atoms with E-state index in [1.807, 2.05) is 12.1 Å². The lowest BCUT2D eigenvalue weighted by Crippen LogP contribution is -2.43. The summed E-state index contributed by atoms with van der Waals surface area (Å²) in [7, 11) is 7.40. The molecule has 140 valence electrons. The number of benzene rings is 1. The van der Waals surface area contributed by atoms with Gasteiger partial charge < -0.3 is 25.0 Å². The molecular weight excluding hydrogens is 316 g/mol. The first-order valence-corrected chi connectivity index (χ1v) is 8.89. The molecule has 0 spiro atoms. The Bertz CT molecular complexity index is 581. The third kappa shape index (κ3) is 5.01. The van der Waals surface area contributed by atoms with Gasteiger partial charge in [0.15, 0.2) is 17.5 Å².